The van der Waals surface area contributed by atoms with Crippen LogP contribution in [0.15, 0.2) is 71.9 Å². The number of fused-ring (bicyclic) bond motifs is 1. The number of aromatic carboxylic acids is 1. The molecule has 0 spiro atoms. The number of carboxylic acids is 1. The summed E-state index contributed by atoms with van der Waals surface area (Å²) < 4.78 is 27.3. The van der Waals surface area contributed by atoms with E-state index in [1.807, 2.05) is 0 Å². The minimum Gasteiger partial charge on any atom is -0.477 e. The van der Waals surface area contributed by atoms with Crippen molar-refractivity contribution in [2.45, 2.75) is 4.90 Å². The zero-order valence-electron chi connectivity index (χ0n) is 14.8. The maximum Gasteiger partial charge on any atom is 0.352 e. The van der Waals surface area contributed by atoms with Crippen molar-refractivity contribution in [1.29, 1.82) is 0 Å². The molecule has 0 radical (unpaired) electrons. The molecule has 0 saturated carbocycles. The fourth-order valence-electron chi connectivity index (χ4n) is 2.73. The number of H-pyrrole nitrogens is 1. The number of hydrogen-bond donors (Lipinski definition) is 4. The van der Waals surface area contributed by atoms with Gasteiger partial charge in [-0.3, -0.25) is 4.72 Å². The molecule has 0 atom stereocenters. The van der Waals surface area contributed by atoms with Gasteiger partial charge in [-0.25, -0.2) is 23.2 Å². The Bertz CT molecular complexity index is 1290. The van der Waals surface area contributed by atoms with E-state index in [1.165, 1.54) is 24.5 Å². The summed E-state index contributed by atoms with van der Waals surface area (Å²) in [5, 5.41) is 12.7. The van der Waals surface area contributed by atoms with Gasteiger partial charge >= 0.3 is 5.97 Å². The number of nitrogens with one attached hydrogen (secondary N) is 3. The number of hydrogen-bond acceptors (Lipinski definition) is 6. The Kier molecular flexibility index (Phi) is 4.61. The smallest absolute Gasteiger partial charge is 0.352 e. The van der Waals surface area contributed by atoms with E-state index in [2.05, 4.69) is 25.0 Å². The predicted octanol–water partition coefficient (Wildman–Crippen LogP) is 3.20. The van der Waals surface area contributed by atoms with Crippen molar-refractivity contribution in [2.24, 2.45) is 0 Å². The topological polar surface area (TPSA) is 137 Å². The van der Waals surface area contributed by atoms with Gasteiger partial charge in [0.25, 0.3) is 10.0 Å². The molecule has 0 bridgehead atoms. The Morgan fingerprint density at radius 2 is 1.66 bits per heavy atom. The van der Waals surface area contributed by atoms with E-state index in [9.17, 15) is 13.2 Å². The van der Waals surface area contributed by atoms with Crippen molar-refractivity contribution in [3.63, 3.8) is 0 Å². The lowest BCUT2D eigenvalue weighted by molar-refractivity contribution is 0.0691. The summed E-state index contributed by atoms with van der Waals surface area (Å²) in [5.41, 5.74) is 1.45. The Labute approximate surface area is 165 Å². The van der Waals surface area contributed by atoms with Crippen LogP contribution in [0.3, 0.4) is 0 Å². The molecule has 146 valence electrons. The highest BCUT2D eigenvalue weighted by molar-refractivity contribution is 7.92. The van der Waals surface area contributed by atoms with Gasteiger partial charge in [0.2, 0.25) is 0 Å². The number of rotatable bonds is 6. The Morgan fingerprint density at radius 1 is 0.966 bits per heavy atom. The van der Waals surface area contributed by atoms with E-state index >= 15 is 0 Å². The molecule has 0 aliphatic heterocycles. The molecule has 2 aromatic heterocycles. The van der Waals surface area contributed by atoms with Crippen LogP contribution in [0.2, 0.25) is 0 Å². The first-order chi connectivity index (χ1) is 13.9. The fourth-order valence-corrected chi connectivity index (χ4v) is 3.81. The van der Waals surface area contributed by atoms with Gasteiger partial charge in [0, 0.05) is 11.4 Å². The van der Waals surface area contributed by atoms with E-state index in [4.69, 9.17) is 5.11 Å². The molecular weight excluding hydrogens is 394 g/mol. The van der Waals surface area contributed by atoms with Crippen LogP contribution >= 0.6 is 0 Å². The minimum atomic E-state index is -3.67. The van der Waals surface area contributed by atoms with Crippen molar-refractivity contribution in [3.8, 4) is 0 Å². The molecule has 0 fully saturated rings. The molecule has 4 aromatic rings. The van der Waals surface area contributed by atoms with Gasteiger partial charge in [-0.05, 0) is 42.5 Å². The maximum atomic E-state index is 12.4. The van der Waals surface area contributed by atoms with Crippen LogP contribution in [-0.2, 0) is 10.0 Å². The highest BCUT2D eigenvalue weighted by Gasteiger charge is 2.14. The normalized spacial score (nSPS) is 11.3. The van der Waals surface area contributed by atoms with Gasteiger partial charge in [-0.1, -0.05) is 18.2 Å². The predicted molar refractivity (Wildman–Crippen MR) is 108 cm³/mol. The van der Waals surface area contributed by atoms with Crippen LogP contribution in [0.1, 0.15) is 10.5 Å². The Balaban J connectivity index is 1.55. The Hall–Kier alpha value is -3.92. The zero-order chi connectivity index (χ0) is 20.4. The summed E-state index contributed by atoms with van der Waals surface area (Å²) in [5.74, 6) is -0.666. The summed E-state index contributed by atoms with van der Waals surface area (Å²) in [6.45, 7) is 0. The second kappa shape index (κ2) is 7.24. The van der Waals surface area contributed by atoms with Crippen LogP contribution in [0.4, 0.5) is 17.2 Å². The largest absolute Gasteiger partial charge is 0.477 e. The van der Waals surface area contributed by atoms with Crippen molar-refractivity contribution < 1.29 is 18.3 Å². The molecule has 0 saturated heterocycles. The van der Waals surface area contributed by atoms with Crippen LogP contribution in [0.5, 0.6) is 0 Å². The highest BCUT2D eigenvalue weighted by atomic mass is 32.2. The third-order valence-corrected chi connectivity index (χ3v) is 5.51. The second-order valence-electron chi connectivity index (χ2n) is 6.09. The monoisotopic (exact) mass is 409 g/mol. The number of aromatic nitrogens is 3. The van der Waals surface area contributed by atoms with Crippen molar-refractivity contribution in [2.75, 3.05) is 10.0 Å². The molecule has 2 aromatic carbocycles. The number of nitrogens with zero attached hydrogens (tertiary/aromatic N) is 2. The molecule has 9 nitrogen and oxygen atoms in total. The van der Waals surface area contributed by atoms with Gasteiger partial charge in [-0.15, -0.1) is 0 Å². The average molecular weight is 409 g/mol. The molecule has 0 aliphatic carbocycles. The van der Waals surface area contributed by atoms with Crippen molar-refractivity contribution in [1.82, 2.24) is 15.0 Å². The van der Waals surface area contributed by atoms with Crippen LogP contribution in [-0.4, -0.2) is 34.4 Å². The summed E-state index contributed by atoms with van der Waals surface area (Å²) in [6, 6.07) is 16.1. The standard InChI is InChI=1S/C19H15N5O4S/c25-19(26)16-10-15-17(20-11-21-18(15)23-16)22-12-6-8-13(9-7-12)24-29(27,28)14-4-2-1-3-5-14/h1-11,24H,(H,25,26)(H2,20,21,22,23). The molecule has 4 N–H and O–H groups in total. The van der Waals surface area contributed by atoms with E-state index < -0.39 is 16.0 Å². The molecular formula is C19H15N5O4S. The quantitative estimate of drug-likeness (QED) is 0.384. The summed E-state index contributed by atoms with van der Waals surface area (Å²) in [6.07, 6.45) is 1.31. The SMILES string of the molecule is O=C(O)c1cc2c(Nc3ccc(NS(=O)(=O)c4ccccc4)cc3)ncnc2[nH]1. The van der Waals surface area contributed by atoms with Crippen molar-refractivity contribution >= 4 is 44.2 Å². The minimum absolute atomic E-state index is 0.00853. The van der Waals surface area contributed by atoms with Crippen LogP contribution in [0.25, 0.3) is 11.0 Å². The van der Waals surface area contributed by atoms with Gasteiger partial charge < -0.3 is 15.4 Å². The first-order valence-electron chi connectivity index (χ1n) is 8.44. The molecule has 4 rings (SSSR count). The van der Waals surface area contributed by atoms with E-state index in [-0.39, 0.29) is 10.6 Å². The van der Waals surface area contributed by atoms with Gasteiger partial charge in [0.1, 0.15) is 23.5 Å². The lowest BCUT2D eigenvalue weighted by Gasteiger charge is -2.10. The van der Waals surface area contributed by atoms with Crippen molar-refractivity contribution in [3.05, 3.63) is 72.7 Å². The third-order valence-electron chi connectivity index (χ3n) is 4.11. The molecule has 2 heterocycles. The highest BCUT2D eigenvalue weighted by Crippen LogP contribution is 2.25. The number of benzene rings is 2. The maximum absolute atomic E-state index is 12.4. The van der Waals surface area contributed by atoms with Gasteiger partial charge in [-0.2, -0.15) is 0 Å². The number of carboxylic acid groups (broad SMARTS) is 1. The molecule has 10 heteroatoms. The summed E-state index contributed by atoms with van der Waals surface area (Å²) in [7, 11) is -3.67. The first kappa shape index (κ1) is 18.4. The second-order valence-corrected chi connectivity index (χ2v) is 7.78. The number of sulfonamides is 1. The van der Waals surface area contributed by atoms with E-state index in [1.54, 1.807) is 42.5 Å². The van der Waals surface area contributed by atoms with E-state index in [0.29, 0.717) is 28.2 Å². The summed E-state index contributed by atoms with van der Waals surface area (Å²) >= 11 is 0. The first-order valence-corrected chi connectivity index (χ1v) is 9.93. The van der Waals surface area contributed by atoms with E-state index in [0.717, 1.165) is 0 Å². The number of aromatic amines is 1. The lowest BCUT2D eigenvalue weighted by Crippen LogP contribution is -2.12. The zero-order valence-corrected chi connectivity index (χ0v) is 15.6. The molecule has 0 amide bonds. The molecule has 0 aliphatic rings. The molecule has 29 heavy (non-hydrogen) atoms. The number of carbonyl (C=O) groups is 1. The molecule has 0 unspecified atom stereocenters. The fraction of sp³-hybridized carbons (Fsp3) is 0. The van der Waals surface area contributed by atoms with Gasteiger partial charge in [0.05, 0.1) is 10.3 Å². The van der Waals surface area contributed by atoms with Gasteiger partial charge in [0.15, 0.2) is 0 Å². The average Bonchev–Trinajstić information content (AvgIpc) is 3.16. The summed E-state index contributed by atoms with van der Waals surface area (Å²) in [4.78, 5) is 22.2. The number of anilines is 3. The van der Waals surface area contributed by atoms with Crippen LogP contribution in [0, 0.1) is 0 Å². The third kappa shape index (κ3) is 3.87. The lowest BCUT2D eigenvalue weighted by atomic mass is 10.2. The Morgan fingerprint density at radius 3 is 2.34 bits per heavy atom. The van der Waals surface area contributed by atoms with Crippen LogP contribution < -0.4 is 10.0 Å².